The van der Waals surface area contributed by atoms with Crippen LogP contribution in [0.15, 0.2) is 0 Å². The number of unbranched alkanes of at least 4 members (excludes halogenated alkanes) is 7. The largest absolute Gasteiger partial charge is 0.294 e. The third-order valence-corrected chi connectivity index (χ3v) is 5.09. The van der Waals surface area contributed by atoms with Gasteiger partial charge < -0.3 is 0 Å². The lowest BCUT2D eigenvalue weighted by Gasteiger charge is -2.23. The average molecular weight is 302 g/mol. The maximum Gasteiger partial charge on any atom is 0.238 e. The first-order valence-corrected chi connectivity index (χ1v) is 9.05. The Labute approximate surface area is 127 Å². The summed E-state index contributed by atoms with van der Waals surface area (Å²) in [6, 6.07) is 0.287. The summed E-state index contributed by atoms with van der Waals surface area (Å²) in [5.41, 5.74) is 0. The standard InChI is InChI=1S/C15H27NOS2/c1-3-4-5-6-7-8-9-10-11-13(2)16-14(17)12-19-15(16)18/h13H,3-12H2,1-2H3. The van der Waals surface area contributed by atoms with E-state index >= 15 is 0 Å². The summed E-state index contributed by atoms with van der Waals surface area (Å²) < 4.78 is 0.775. The molecule has 0 spiro atoms. The molecule has 0 aliphatic carbocycles. The first-order valence-electron chi connectivity index (χ1n) is 7.65. The molecule has 2 nitrogen and oxygen atoms in total. The van der Waals surface area contributed by atoms with Crippen molar-refractivity contribution >= 4 is 34.2 Å². The fourth-order valence-corrected chi connectivity index (χ4v) is 3.76. The molecule has 19 heavy (non-hydrogen) atoms. The first kappa shape index (κ1) is 17.0. The summed E-state index contributed by atoms with van der Waals surface area (Å²) in [6.07, 6.45) is 11.8. The number of hydrogen-bond donors (Lipinski definition) is 0. The highest BCUT2D eigenvalue weighted by atomic mass is 32.2. The number of nitrogens with zero attached hydrogens (tertiary/aromatic N) is 1. The summed E-state index contributed by atoms with van der Waals surface area (Å²) in [5, 5.41) is 0. The monoisotopic (exact) mass is 301 g/mol. The molecule has 1 atom stereocenters. The Morgan fingerprint density at radius 3 is 2.26 bits per heavy atom. The molecule has 0 aromatic rings. The Morgan fingerprint density at radius 2 is 1.74 bits per heavy atom. The lowest BCUT2D eigenvalue weighted by molar-refractivity contribution is -0.125. The molecule has 1 saturated heterocycles. The fourth-order valence-electron chi connectivity index (χ4n) is 2.49. The van der Waals surface area contributed by atoms with Gasteiger partial charge in [0.15, 0.2) is 0 Å². The topological polar surface area (TPSA) is 20.3 Å². The van der Waals surface area contributed by atoms with Gasteiger partial charge in [0.1, 0.15) is 4.32 Å². The predicted molar refractivity (Wildman–Crippen MR) is 88.6 cm³/mol. The summed E-state index contributed by atoms with van der Waals surface area (Å²) in [7, 11) is 0. The molecule has 1 aliphatic heterocycles. The van der Waals surface area contributed by atoms with Crippen LogP contribution >= 0.6 is 24.0 Å². The molecule has 1 fully saturated rings. The SMILES string of the molecule is CCCCCCCCCCC(C)N1C(=O)CSC1=S. The molecule has 0 bridgehead atoms. The maximum atomic E-state index is 11.7. The lowest BCUT2D eigenvalue weighted by atomic mass is 10.0. The molecule has 0 aromatic carbocycles. The van der Waals surface area contributed by atoms with Crippen LogP contribution in [-0.2, 0) is 4.79 Å². The third-order valence-electron chi connectivity index (χ3n) is 3.70. The van der Waals surface area contributed by atoms with E-state index in [1.165, 1.54) is 63.1 Å². The minimum Gasteiger partial charge on any atom is -0.294 e. The van der Waals surface area contributed by atoms with E-state index < -0.39 is 0 Å². The average Bonchev–Trinajstić information content (AvgIpc) is 2.72. The molecule has 1 rings (SSSR count). The molecule has 1 aliphatic rings. The van der Waals surface area contributed by atoms with Crippen LogP contribution in [0.5, 0.6) is 0 Å². The minimum absolute atomic E-state index is 0.196. The lowest BCUT2D eigenvalue weighted by Crippen LogP contribution is -2.36. The molecule has 1 amide bonds. The molecule has 0 aromatic heterocycles. The van der Waals surface area contributed by atoms with Gasteiger partial charge in [-0.3, -0.25) is 9.69 Å². The summed E-state index contributed by atoms with van der Waals surface area (Å²) in [6.45, 7) is 4.38. The number of carbonyl (C=O) groups excluding carboxylic acids is 1. The molecule has 1 unspecified atom stereocenters. The van der Waals surface area contributed by atoms with E-state index in [0.29, 0.717) is 5.75 Å². The summed E-state index contributed by atoms with van der Waals surface area (Å²) in [5.74, 6) is 0.739. The Morgan fingerprint density at radius 1 is 1.16 bits per heavy atom. The molecule has 1 heterocycles. The Kier molecular flexibility index (Phi) is 8.71. The van der Waals surface area contributed by atoms with Crippen LogP contribution < -0.4 is 0 Å². The van der Waals surface area contributed by atoms with Crippen LogP contribution in [-0.4, -0.2) is 26.9 Å². The quantitative estimate of drug-likeness (QED) is 0.428. The van der Waals surface area contributed by atoms with Crippen molar-refractivity contribution in [2.45, 2.75) is 77.7 Å². The Hall–Kier alpha value is -0.0900. The van der Waals surface area contributed by atoms with Gasteiger partial charge in [0.2, 0.25) is 5.91 Å². The first-order chi connectivity index (χ1) is 9.16. The van der Waals surface area contributed by atoms with Gasteiger partial charge in [-0.05, 0) is 13.3 Å². The van der Waals surface area contributed by atoms with E-state index in [2.05, 4.69) is 13.8 Å². The summed E-state index contributed by atoms with van der Waals surface area (Å²) >= 11 is 6.73. The molecule has 110 valence electrons. The van der Waals surface area contributed by atoms with E-state index in [-0.39, 0.29) is 11.9 Å². The molecule has 4 heteroatoms. The van der Waals surface area contributed by atoms with Crippen LogP contribution in [0.2, 0.25) is 0 Å². The van der Waals surface area contributed by atoms with E-state index in [0.717, 1.165) is 10.7 Å². The number of thioether (sulfide) groups is 1. The second-order valence-electron chi connectivity index (χ2n) is 5.43. The van der Waals surface area contributed by atoms with E-state index in [9.17, 15) is 4.79 Å². The molecule has 0 N–H and O–H groups in total. The van der Waals surface area contributed by atoms with E-state index in [4.69, 9.17) is 12.2 Å². The van der Waals surface area contributed by atoms with Crippen molar-refractivity contribution < 1.29 is 4.79 Å². The smallest absolute Gasteiger partial charge is 0.238 e. The van der Waals surface area contributed by atoms with Crippen molar-refractivity contribution in [1.82, 2.24) is 4.90 Å². The number of rotatable bonds is 10. The second kappa shape index (κ2) is 9.76. The van der Waals surface area contributed by atoms with Crippen molar-refractivity contribution in [1.29, 1.82) is 0 Å². The van der Waals surface area contributed by atoms with Crippen molar-refractivity contribution in [3.05, 3.63) is 0 Å². The van der Waals surface area contributed by atoms with Crippen LogP contribution in [0.1, 0.15) is 71.6 Å². The van der Waals surface area contributed by atoms with Gasteiger partial charge in [-0.25, -0.2) is 0 Å². The van der Waals surface area contributed by atoms with Crippen LogP contribution in [0, 0.1) is 0 Å². The maximum absolute atomic E-state index is 11.7. The zero-order chi connectivity index (χ0) is 14.1. The van der Waals surface area contributed by atoms with Crippen LogP contribution in [0.4, 0.5) is 0 Å². The van der Waals surface area contributed by atoms with Gasteiger partial charge in [-0.2, -0.15) is 0 Å². The van der Waals surface area contributed by atoms with Gasteiger partial charge in [0.05, 0.1) is 5.75 Å². The summed E-state index contributed by atoms with van der Waals surface area (Å²) in [4.78, 5) is 13.5. The van der Waals surface area contributed by atoms with Gasteiger partial charge in [-0.15, -0.1) is 0 Å². The van der Waals surface area contributed by atoms with Crippen molar-refractivity contribution in [3.8, 4) is 0 Å². The Balaban J connectivity index is 2.03. The zero-order valence-electron chi connectivity index (χ0n) is 12.3. The molecular formula is C15H27NOS2. The highest BCUT2D eigenvalue weighted by molar-refractivity contribution is 8.23. The number of thiocarbonyl (C=S) groups is 1. The van der Waals surface area contributed by atoms with Gasteiger partial charge in [-0.1, -0.05) is 82.3 Å². The van der Waals surface area contributed by atoms with Crippen molar-refractivity contribution in [2.24, 2.45) is 0 Å². The zero-order valence-corrected chi connectivity index (χ0v) is 14.0. The van der Waals surface area contributed by atoms with E-state index in [1.54, 1.807) is 0 Å². The highest BCUT2D eigenvalue weighted by Gasteiger charge is 2.30. The molecule has 0 saturated carbocycles. The van der Waals surface area contributed by atoms with E-state index in [1.807, 2.05) is 4.90 Å². The third kappa shape index (κ3) is 6.26. The number of carbonyl (C=O) groups is 1. The van der Waals surface area contributed by atoms with Crippen LogP contribution in [0.3, 0.4) is 0 Å². The minimum atomic E-state index is 0.196. The molecule has 0 radical (unpaired) electrons. The van der Waals surface area contributed by atoms with Crippen molar-refractivity contribution in [2.75, 3.05) is 5.75 Å². The van der Waals surface area contributed by atoms with Gasteiger partial charge in [0.25, 0.3) is 0 Å². The number of hydrogen-bond acceptors (Lipinski definition) is 3. The number of amides is 1. The fraction of sp³-hybridized carbons (Fsp3) is 0.867. The second-order valence-corrected chi connectivity index (χ2v) is 7.04. The normalized spacial score (nSPS) is 17.3. The van der Waals surface area contributed by atoms with Gasteiger partial charge in [0, 0.05) is 6.04 Å². The van der Waals surface area contributed by atoms with Crippen LogP contribution in [0.25, 0.3) is 0 Å². The molecular weight excluding hydrogens is 274 g/mol. The predicted octanol–water partition coefficient (Wildman–Crippen LogP) is 4.77. The Bertz CT molecular complexity index is 278. The van der Waals surface area contributed by atoms with Crippen molar-refractivity contribution in [3.63, 3.8) is 0 Å². The van der Waals surface area contributed by atoms with Gasteiger partial charge >= 0.3 is 0 Å². The highest BCUT2D eigenvalue weighted by Crippen LogP contribution is 2.24.